The predicted molar refractivity (Wildman–Crippen MR) is 54.6 cm³/mol. The molecule has 0 spiro atoms. The summed E-state index contributed by atoms with van der Waals surface area (Å²) in [6.07, 6.45) is 3.27. The minimum absolute atomic E-state index is 0.356. The zero-order valence-electron chi connectivity index (χ0n) is 7.29. The normalized spacial score (nSPS) is 8.92. The second kappa shape index (κ2) is 7.30. The van der Waals surface area contributed by atoms with Gasteiger partial charge >= 0.3 is 6.09 Å². The number of hydrogen-bond acceptors (Lipinski definition) is 5. The first-order chi connectivity index (χ1) is 5.74. The van der Waals surface area contributed by atoms with Crippen molar-refractivity contribution in [1.29, 1.82) is 0 Å². The third kappa shape index (κ3) is 5.31. The second-order valence-corrected chi connectivity index (χ2v) is 3.47. The van der Waals surface area contributed by atoms with Gasteiger partial charge in [0.2, 0.25) is 0 Å². The molecule has 1 N–H and O–H groups in total. The fourth-order valence-electron chi connectivity index (χ4n) is 0.429. The van der Waals surface area contributed by atoms with Crippen molar-refractivity contribution >= 4 is 34.0 Å². The lowest BCUT2D eigenvalue weighted by Gasteiger charge is -2.00. The van der Waals surface area contributed by atoms with Crippen LogP contribution >= 0.6 is 23.5 Å². The van der Waals surface area contributed by atoms with Gasteiger partial charge in [-0.25, -0.2) is 10.2 Å². The smallest absolute Gasteiger partial charge is 0.427 e. The number of thioether (sulfide) groups is 2. The number of nitrogens with one attached hydrogen (secondary N) is 1. The standard InChI is InChI=1S/C6H12N2O2S2/c1-4-10-5(9)7-8-6(11-2)12-3/h4H2,1-3H3,(H,7,9). The first kappa shape index (κ1) is 11.6. The minimum atomic E-state index is -0.516. The molecule has 70 valence electrons. The van der Waals surface area contributed by atoms with E-state index in [4.69, 9.17) is 0 Å². The lowest BCUT2D eigenvalue weighted by Crippen LogP contribution is -2.19. The molecule has 0 unspecified atom stereocenters. The van der Waals surface area contributed by atoms with Gasteiger partial charge in [-0.05, 0) is 19.4 Å². The second-order valence-electron chi connectivity index (χ2n) is 1.62. The summed E-state index contributed by atoms with van der Waals surface area (Å²) >= 11 is 2.95. The van der Waals surface area contributed by atoms with Crippen molar-refractivity contribution in [3.8, 4) is 0 Å². The molecule has 0 aromatic rings. The van der Waals surface area contributed by atoms with Gasteiger partial charge in [-0.2, -0.15) is 5.10 Å². The van der Waals surface area contributed by atoms with E-state index < -0.39 is 6.09 Å². The molecule has 0 aliphatic rings. The van der Waals surface area contributed by atoms with E-state index in [9.17, 15) is 4.79 Å². The van der Waals surface area contributed by atoms with Crippen molar-refractivity contribution in [1.82, 2.24) is 5.43 Å². The van der Waals surface area contributed by atoms with Crippen molar-refractivity contribution in [3.05, 3.63) is 0 Å². The number of nitrogens with zero attached hydrogens (tertiary/aromatic N) is 1. The van der Waals surface area contributed by atoms with Crippen molar-refractivity contribution in [2.45, 2.75) is 6.92 Å². The molecular weight excluding hydrogens is 196 g/mol. The van der Waals surface area contributed by atoms with Gasteiger partial charge in [0.15, 0.2) is 0 Å². The molecule has 0 saturated heterocycles. The molecule has 0 rings (SSSR count). The highest BCUT2D eigenvalue weighted by molar-refractivity contribution is 8.38. The summed E-state index contributed by atoms with van der Waals surface area (Å²) in [5.41, 5.74) is 2.27. The van der Waals surface area contributed by atoms with Gasteiger partial charge in [-0.3, -0.25) is 0 Å². The summed E-state index contributed by atoms with van der Waals surface area (Å²) in [4.78, 5) is 10.7. The van der Waals surface area contributed by atoms with Crippen LogP contribution in [-0.4, -0.2) is 29.6 Å². The van der Waals surface area contributed by atoms with Crippen LogP contribution in [0.4, 0.5) is 4.79 Å². The zero-order valence-corrected chi connectivity index (χ0v) is 8.92. The number of amides is 1. The van der Waals surface area contributed by atoms with Crippen LogP contribution in [0.15, 0.2) is 5.10 Å². The van der Waals surface area contributed by atoms with Crippen LogP contribution in [0.3, 0.4) is 0 Å². The average molecular weight is 208 g/mol. The van der Waals surface area contributed by atoms with E-state index in [-0.39, 0.29) is 0 Å². The topological polar surface area (TPSA) is 50.7 Å². The van der Waals surface area contributed by atoms with E-state index in [1.165, 1.54) is 23.5 Å². The van der Waals surface area contributed by atoms with Gasteiger partial charge in [-0.15, -0.1) is 23.5 Å². The van der Waals surface area contributed by atoms with Gasteiger partial charge in [-0.1, -0.05) is 0 Å². The fraction of sp³-hybridized carbons (Fsp3) is 0.667. The Morgan fingerprint density at radius 2 is 2.08 bits per heavy atom. The highest BCUT2D eigenvalue weighted by Gasteiger charge is 1.98. The molecule has 0 aromatic heterocycles. The minimum Gasteiger partial charge on any atom is -0.449 e. The third-order valence-electron chi connectivity index (χ3n) is 0.863. The van der Waals surface area contributed by atoms with Gasteiger partial charge in [0.05, 0.1) is 6.61 Å². The Bertz CT molecular complexity index is 167. The molecule has 1 amide bonds. The van der Waals surface area contributed by atoms with E-state index >= 15 is 0 Å². The Morgan fingerprint density at radius 3 is 2.50 bits per heavy atom. The van der Waals surface area contributed by atoms with Gasteiger partial charge in [0.25, 0.3) is 0 Å². The Hall–Kier alpha value is -0.360. The molecule has 0 aliphatic carbocycles. The monoisotopic (exact) mass is 208 g/mol. The summed E-state index contributed by atoms with van der Waals surface area (Å²) in [6, 6.07) is 0. The molecule has 0 saturated carbocycles. The summed E-state index contributed by atoms with van der Waals surface area (Å²) in [5.74, 6) is 0. The first-order valence-electron chi connectivity index (χ1n) is 3.33. The molecule has 0 atom stereocenters. The molecule has 0 aromatic carbocycles. The van der Waals surface area contributed by atoms with Crippen molar-refractivity contribution < 1.29 is 9.53 Å². The van der Waals surface area contributed by atoms with Gasteiger partial charge < -0.3 is 4.74 Å². The van der Waals surface area contributed by atoms with E-state index in [1.54, 1.807) is 6.92 Å². The maximum absolute atomic E-state index is 10.7. The molecule has 12 heavy (non-hydrogen) atoms. The van der Waals surface area contributed by atoms with Crippen LogP contribution < -0.4 is 5.43 Å². The number of carbonyl (C=O) groups is 1. The van der Waals surface area contributed by atoms with Crippen LogP contribution in [0.1, 0.15) is 6.92 Å². The van der Waals surface area contributed by atoms with Crippen molar-refractivity contribution in [2.24, 2.45) is 5.10 Å². The summed E-state index contributed by atoms with van der Waals surface area (Å²) in [6.45, 7) is 2.10. The maximum atomic E-state index is 10.7. The summed E-state index contributed by atoms with van der Waals surface area (Å²) < 4.78 is 5.40. The molecule has 0 radical (unpaired) electrons. The number of hydrogen-bond donors (Lipinski definition) is 1. The van der Waals surface area contributed by atoms with Crippen molar-refractivity contribution in [3.63, 3.8) is 0 Å². The van der Waals surface area contributed by atoms with Crippen LogP contribution in [0.2, 0.25) is 0 Å². The zero-order chi connectivity index (χ0) is 9.40. The van der Waals surface area contributed by atoms with Gasteiger partial charge in [0.1, 0.15) is 4.38 Å². The average Bonchev–Trinajstić information content (AvgIpc) is 2.07. The quantitative estimate of drug-likeness (QED) is 0.426. The number of hydrazone groups is 1. The SMILES string of the molecule is CCOC(=O)NN=C(SC)SC. The summed E-state index contributed by atoms with van der Waals surface area (Å²) in [7, 11) is 0. The Balaban J connectivity index is 3.76. The molecule has 6 heteroatoms. The van der Waals surface area contributed by atoms with E-state index in [2.05, 4.69) is 15.3 Å². The largest absolute Gasteiger partial charge is 0.449 e. The summed E-state index contributed by atoms with van der Waals surface area (Å²) in [5, 5.41) is 3.80. The van der Waals surface area contributed by atoms with E-state index in [0.717, 1.165) is 4.38 Å². The molecule has 4 nitrogen and oxygen atoms in total. The number of ether oxygens (including phenoxy) is 1. The highest BCUT2D eigenvalue weighted by atomic mass is 32.2. The Kier molecular flexibility index (Phi) is 7.08. The maximum Gasteiger partial charge on any atom is 0.427 e. The van der Waals surface area contributed by atoms with E-state index in [0.29, 0.717) is 6.61 Å². The number of rotatable bonds is 2. The molecule has 0 aliphatic heterocycles. The Morgan fingerprint density at radius 1 is 1.50 bits per heavy atom. The Labute approximate surface area is 80.5 Å². The van der Waals surface area contributed by atoms with Crippen LogP contribution in [0, 0.1) is 0 Å². The molecular formula is C6H12N2O2S2. The van der Waals surface area contributed by atoms with Crippen LogP contribution in [0.5, 0.6) is 0 Å². The molecule has 0 heterocycles. The van der Waals surface area contributed by atoms with Gasteiger partial charge in [0, 0.05) is 0 Å². The fourth-order valence-corrected chi connectivity index (χ4v) is 1.37. The number of carbonyl (C=O) groups excluding carboxylic acids is 1. The molecule has 0 bridgehead atoms. The third-order valence-corrected chi connectivity index (χ3v) is 2.74. The molecule has 0 fully saturated rings. The van der Waals surface area contributed by atoms with Crippen molar-refractivity contribution in [2.75, 3.05) is 19.1 Å². The predicted octanol–water partition coefficient (Wildman–Crippen LogP) is 1.73. The van der Waals surface area contributed by atoms with Crippen LogP contribution in [0.25, 0.3) is 0 Å². The van der Waals surface area contributed by atoms with E-state index in [1.807, 2.05) is 12.5 Å². The van der Waals surface area contributed by atoms with Crippen LogP contribution in [-0.2, 0) is 4.74 Å². The first-order valence-corrected chi connectivity index (χ1v) is 5.78. The lowest BCUT2D eigenvalue weighted by atomic mass is 10.9. The highest BCUT2D eigenvalue weighted by Crippen LogP contribution is 2.09. The lowest BCUT2D eigenvalue weighted by molar-refractivity contribution is 0.152.